The maximum absolute atomic E-state index is 10.9. The van der Waals surface area contributed by atoms with E-state index in [2.05, 4.69) is 15.3 Å². The van der Waals surface area contributed by atoms with Crippen molar-refractivity contribution < 1.29 is 14.6 Å². The number of carbonyl (C=O) groups is 1. The Hall–Kier alpha value is -2.63. The largest absolute Gasteiger partial charge is 0.478 e. The smallest absolute Gasteiger partial charge is 0.335 e. The fraction of sp³-hybridized carbons (Fsp3) is 0.214. The molecule has 6 nitrogen and oxygen atoms in total. The van der Waals surface area contributed by atoms with Gasteiger partial charge in [0.25, 0.3) is 0 Å². The van der Waals surface area contributed by atoms with Crippen molar-refractivity contribution in [3.8, 4) is 5.88 Å². The first-order valence-electron chi connectivity index (χ1n) is 6.14. The molecule has 104 valence electrons. The van der Waals surface area contributed by atoms with Crippen LogP contribution in [0.2, 0.25) is 0 Å². The Morgan fingerprint density at radius 3 is 2.85 bits per heavy atom. The number of aromatic nitrogens is 2. The van der Waals surface area contributed by atoms with Crippen LogP contribution in [-0.2, 0) is 0 Å². The molecule has 0 aliphatic carbocycles. The Morgan fingerprint density at radius 2 is 2.15 bits per heavy atom. The molecule has 2 aromatic rings. The number of carboxylic acid groups (broad SMARTS) is 1. The molecule has 0 saturated carbocycles. The number of nitrogens with one attached hydrogen (secondary N) is 1. The lowest BCUT2D eigenvalue weighted by atomic mass is 10.2. The van der Waals surface area contributed by atoms with Gasteiger partial charge in [-0.15, -0.1) is 0 Å². The summed E-state index contributed by atoms with van der Waals surface area (Å²) < 4.78 is 5.47. The van der Waals surface area contributed by atoms with Crippen LogP contribution in [0.3, 0.4) is 0 Å². The highest BCUT2D eigenvalue weighted by Crippen LogP contribution is 2.17. The van der Waals surface area contributed by atoms with Crippen molar-refractivity contribution in [3.63, 3.8) is 0 Å². The van der Waals surface area contributed by atoms with Crippen LogP contribution in [0, 0.1) is 0 Å². The van der Waals surface area contributed by atoms with Crippen LogP contribution in [0.5, 0.6) is 5.88 Å². The third kappa shape index (κ3) is 3.68. The van der Waals surface area contributed by atoms with Gasteiger partial charge in [0.1, 0.15) is 0 Å². The standard InChI is InChI=1S/C14H15N3O3/c1-9(2)20-12-6-7-15-14(17-12)16-11-5-3-4-10(8-11)13(18)19/h3-9H,1-2H3,(H,18,19)(H,15,16,17). The number of benzene rings is 1. The number of hydrogen-bond donors (Lipinski definition) is 2. The molecular formula is C14H15N3O3. The predicted molar refractivity (Wildman–Crippen MR) is 74.5 cm³/mol. The van der Waals surface area contributed by atoms with Crippen molar-refractivity contribution in [2.45, 2.75) is 20.0 Å². The molecule has 1 aromatic carbocycles. The maximum Gasteiger partial charge on any atom is 0.335 e. The van der Waals surface area contributed by atoms with E-state index < -0.39 is 5.97 Å². The van der Waals surface area contributed by atoms with Crippen molar-refractivity contribution in [1.29, 1.82) is 0 Å². The minimum Gasteiger partial charge on any atom is -0.478 e. The average Bonchev–Trinajstić information content (AvgIpc) is 2.38. The van der Waals surface area contributed by atoms with E-state index in [0.717, 1.165) is 0 Å². The van der Waals surface area contributed by atoms with Crippen LogP contribution in [0.4, 0.5) is 11.6 Å². The molecule has 0 amide bonds. The molecular weight excluding hydrogens is 258 g/mol. The monoisotopic (exact) mass is 273 g/mol. The molecule has 0 fully saturated rings. The van der Waals surface area contributed by atoms with Crippen molar-refractivity contribution in [2.24, 2.45) is 0 Å². The Kier molecular flexibility index (Phi) is 4.14. The van der Waals surface area contributed by atoms with Crippen LogP contribution in [0.25, 0.3) is 0 Å². The SMILES string of the molecule is CC(C)Oc1ccnc(Nc2cccc(C(=O)O)c2)n1. The minimum absolute atomic E-state index is 0.0214. The molecule has 0 atom stereocenters. The van der Waals surface area contributed by atoms with Gasteiger partial charge in [0.2, 0.25) is 11.8 Å². The zero-order valence-corrected chi connectivity index (χ0v) is 11.2. The Balaban J connectivity index is 2.17. The summed E-state index contributed by atoms with van der Waals surface area (Å²) in [5, 5.41) is 11.9. The predicted octanol–water partition coefficient (Wildman–Crippen LogP) is 2.71. The number of carboxylic acids is 1. The number of rotatable bonds is 5. The molecule has 6 heteroatoms. The topological polar surface area (TPSA) is 84.3 Å². The molecule has 0 radical (unpaired) electrons. The highest BCUT2D eigenvalue weighted by molar-refractivity contribution is 5.88. The normalized spacial score (nSPS) is 10.3. The van der Waals surface area contributed by atoms with Gasteiger partial charge in [-0.3, -0.25) is 0 Å². The molecule has 0 aliphatic rings. The first-order chi connectivity index (χ1) is 9.54. The van der Waals surface area contributed by atoms with Crippen LogP contribution in [0.15, 0.2) is 36.5 Å². The van der Waals surface area contributed by atoms with Crippen LogP contribution < -0.4 is 10.1 Å². The molecule has 2 N–H and O–H groups in total. The second kappa shape index (κ2) is 6.01. The van der Waals surface area contributed by atoms with Crippen LogP contribution in [0.1, 0.15) is 24.2 Å². The fourth-order valence-corrected chi connectivity index (χ4v) is 1.57. The van der Waals surface area contributed by atoms with Gasteiger partial charge in [0, 0.05) is 18.0 Å². The first-order valence-corrected chi connectivity index (χ1v) is 6.14. The third-order valence-corrected chi connectivity index (χ3v) is 2.35. The van der Waals surface area contributed by atoms with Gasteiger partial charge in [-0.1, -0.05) is 6.07 Å². The summed E-state index contributed by atoms with van der Waals surface area (Å²) in [6.45, 7) is 3.82. The summed E-state index contributed by atoms with van der Waals surface area (Å²) >= 11 is 0. The van der Waals surface area contributed by atoms with Crippen molar-refractivity contribution in [1.82, 2.24) is 9.97 Å². The highest BCUT2D eigenvalue weighted by atomic mass is 16.5. The lowest BCUT2D eigenvalue weighted by Gasteiger charge is -2.10. The Morgan fingerprint density at radius 1 is 1.35 bits per heavy atom. The quantitative estimate of drug-likeness (QED) is 0.871. The summed E-state index contributed by atoms with van der Waals surface area (Å²) in [5.74, 6) is -0.163. The van der Waals surface area contributed by atoms with Crippen molar-refractivity contribution in [2.75, 3.05) is 5.32 Å². The average molecular weight is 273 g/mol. The molecule has 2 rings (SSSR count). The number of hydrogen-bond acceptors (Lipinski definition) is 5. The van der Waals surface area contributed by atoms with E-state index in [9.17, 15) is 4.79 Å². The van der Waals surface area contributed by atoms with Gasteiger partial charge in [0.15, 0.2) is 0 Å². The van der Waals surface area contributed by atoms with E-state index in [1.807, 2.05) is 13.8 Å². The minimum atomic E-state index is -0.980. The Bertz CT molecular complexity index is 614. The molecule has 0 bridgehead atoms. The maximum atomic E-state index is 10.9. The van der Waals surface area contributed by atoms with E-state index in [1.54, 1.807) is 24.4 Å². The molecule has 20 heavy (non-hydrogen) atoms. The van der Waals surface area contributed by atoms with E-state index in [1.165, 1.54) is 12.1 Å². The van der Waals surface area contributed by atoms with Crippen molar-refractivity contribution in [3.05, 3.63) is 42.1 Å². The van der Waals surface area contributed by atoms with Gasteiger partial charge < -0.3 is 15.2 Å². The molecule has 0 unspecified atom stereocenters. The van der Waals surface area contributed by atoms with E-state index >= 15 is 0 Å². The first kappa shape index (κ1) is 13.8. The summed E-state index contributed by atoms with van der Waals surface area (Å²) in [6, 6.07) is 8.10. The summed E-state index contributed by atoms with van der Waals surface area (Å²) in [5.41, 5.74) is 0.802. The van der Waals surface area contributed by atoms with Crippen molar-refractivity contribution >= 4 is 17.6 Å². The number of aromatic carboxylic acids is 1. The van der Waals surface area contributed by atoms with Crippen LogP contribution in [-0.4, -0.2) is 27.1 Å². The molecule has 0 saturated heterocycles. The number of anilines is 2. The van der Waals surface area contributed by atoms with Gasteiger partial charge in [-0.2, -0.15) is 4.98 Å². The van der Waals surface area contributed by atoms with E-state index in [0.29, 0.717) is 17.5 Å². The zero-order valence-electron chi connectivity index (χ0n) is 11.2. The van der Waals surface area contributed by atoms with Gasteiger partial charge in [-0.25, -0.2) is 9.78 Å². The molecule has 1 heterocycles. The molecule has 1 aromatic heterocycles. The van der Waals surface area contributed by atoms with Gasteiger partial charge in [0.05, 0.1) is 11.7 Å². The summed E-state index contributed by atoms with van der Waals surface area (Å²) in [6.07, 6.45) is 1.60. The summed E-state index contributed by atoms with van der Waals surface area (Å²) in [7, 11) is 0. The van der Waals surface area contributed by atoms with E-state index in [4.69, 9.17) is 9.84 Å². The second-order valence-electron chi connectivity index (χ2n) is 4.40. The number of nitrogens with zero attached hydrogens (tertiary/aromatic N) is 2. The number of ether oxygens (including phenoxy) is 1. The van der Waals surface area contributed by atoms with Gasteiger partial charge >= 0.3 is 5.97 Å². The second-order valence-corrected chi connectivity index (χ2v) is 4.40. The summed E-state index contributed by atoms with van der Waals surface area (Å²) in [4.78, 5) is 19.2. The zero-order chi connectivity index (χ0) is 14.5. The Labute approximate surface area is 116 Å². The fourth-order valence-electron chi connectivity index (χ4n) is 1.57. The highest BCUT2D eigenvalue weighted by Gasteiger charge is 2.06. The van der Waals surface area contributed by atoms with Crippen LogP contribution >= 0.6 is 0 Å². The third-order valence-electron chi connectivity index (χ3n) is 2.35. The molecule has 0 aliphatic heterocycles. The lowest BCUT2D eigenvalue weighted by molar-refractivity contribution is 0.0697. The van der Waals surface area contributed by atoms with E-state index in [-0.39, 0.29) is 11.7 Å². The lowest BCUT2D eigenvalue weighted by Crippen LogP contribution is -2.08. The molecule has 0 spiro atoms. The van der Waals surface area contributed by atoms with Gasteiger partial charge in [-0.05, 0) is 32.0 Å².